The molecule has 0 N–H and O–H groups in total. The van der Waals surface area contributed by atoms with Gasteiger partial charge in [0.05, 0.1) is 0 Å². The molecule has 0 aliphatic carbocycles. The lowest BCUT2D eigenvalue weighted by Crippen LogP contribution is -2.32. The van der Waals surface area contributed by atoms with Crippen LogP contribution in [0, 0.1) is 57.2 Å². The number of aromatic nitrogens is 2. The van der Waals surface area contributed by atoms with E-state index in [1.807, 2.05) is 12.1 Å². The first kappa shape index (κ1) is 27.6. The second kappa shape index (κ2) is 11.4. The second-order valence-electron chi connectivity index (χ2n) is 9.92. The molecule has 0 bridgehead atoms. The first-order valence-electron chi connectivity index (χ1n) is 10.4. The van der Waals surface area contributed by atoms with E-state index in [9.17, 15) is 10.5 Å². The summed E-state index contributed by atoms with van der Waals surface area (Å²) in [5, 5.41) is 18.8. The van der Waals surface area contributed by atoms with Gasteiger partial charge in [-0.25, -0.2) is 9.97 Å². The van der Waals surface area contributed by atoms with Gasteiger partial charge in [0.25, 0.3) is 0 Å². The maximum atomic E-state index is 9.39. The highest BCUT2D eigenvalue weighted by atomic mass is 28.3. The van der Waals surface area contributed by atoms with Gasteiger partial charge in [-0.05, 0) is 48.9 Å². The molecule has 0 aliphatic heterocycles. The summed E-state index contributed by atoms with van der Waals surface area (Å²) in [6, 6.07) is 3.84. The van der Waals surface area contributed by atoms with Crippen molar-refractivity contribution in [2.24, 2.45) is 10.8 Å². The molecule has 1 heterocycles. The van der Waals surface area contributed by atoms with Crippen LogP contribution in [-0.4, -0.2) is 40.3 Å². The summed E-state index contributed by atoms with van der Waals surface area (Å²) in [7, 11) is -1.95. The Labute approximate surface area is 196 Å². The van der Waals surface area contributed by atoms with Gasteiger partial charge >= 0.3 is 0 Å². The van der Waals surface area contributed by atoms with Gasteiger partial charge in [-0.2, -0.15) is 10.5 Å². The van der Waals surface area contributed by atoms with Crippen molar-refractivity contribution in [3.05, 3.63) is 22.8 Å². The van der Waals surface area contributed by atoms with Crippen LogP contribution in [0.25, 0.3) is 0 Å². The van der Waals surface area contributed by atoms with Crippen LogP contribution in [0.5, 0.6) is 0 Å². The van der Waals surface area contributed by atoms with E-state index in [1.165, 1.54) is 0 Å². The topological polar surface area (TPSA) is 91.8 Å². The predicted molar refractivity (Wildman–Crippen MR) is 129 cm³/mol. The second-order valence-corrected chi connectivity index (χ2v) is 14.0. The number of rotatable bonds is 4. The van der Waals surface area contributed by atoms with E-state index in [4.69, 9.17) is 8.85 Å². The molecule has 0 aromatic carbocycles. The largest absolute Gasteiger partial charge is 0.403 e. The molecular formula is C24H32N4O2Si2. The third-order valence-corrected chi connectivity index (χ3v) is 5.45. The molecule has 0 saturated heterocycles. The summed E-state index contributed by atoms with van der Waals surface area (Å²) in [5.41, 5.74) is -0.0173. The summed E-state index contributed by atoms with van der Waals surface area (Å²) in [5.74, 6) is 12.4. The van der Waals surface area contributed by atoms with Crippen LogP contribution in [0.4, 0.5) is 0 Å². The van der Waals surface area contributed by atoms with E-state index < -0.39 is 18.1 Å². The van der Waals surface area contributed by atoms with Crippen molar-refractivity contribution in [2.45, 2.75) is 79.9 Å². The van der Waals surface area contributed by atoms with E-state index in [0.29, 0.717) is 0 Å². The summed E-state index contributed by atoms with van der Waals surface area (Å²) in [4.78, 5) is 8.58. The van der Waals surface area contributed by atoms with Gasteiger partial charge in [-0.1, -0.05) is 53.4 Å². The van der Waals surface area contributed by atoms with Crippen molar-refractivity contribution in [2.75, 3.05) is 0 Å². The molecule has 0 spiro atoms. The lowest BCUT2D eigenvalue weighted by molar-refractivity contribution is 0.137. The van der Waals surface area contributed by atoms with Crippen molar-refractivity contribution >= 4 is 18.1 Å². The standard InChI is InChI=1S/C24H32N4O2Si2/c1-23(2,3)21(29-31(7)8)13-11-17-18(28-20(16-26)19(15-25)27-17)12-14-22(24(4,5)6)30-32(9)10/h21-22H,1-10H3. The van der Waals surface area contributed by atoms with Gasteiger partial charge < -0.3 is 8.85 Å². The van der Waals surface area contributed by atoms with Crippen LogP contribution in [0.2, 0.25) is 26.2 Å². The molecule has 0 aliphatic rings. The monoisotopic (exact) mass is 464 g/mol. The molecule has 1 rings (SSSR count). The van der Waals surface area contributed by atoms with Crippen LogP contribution >= 0.6 is 0 Å². The summed E-state index contributed by atoms with van der Waals surface area (Å²) in [6.45, 7) is 20.6. The predicted octanol–water partition coefficient (Wildman–Crippen LogP) is 4.29. The third-order valence-electron chi connectivity index (χ3n) is 4.03. The number of hydrogen-bond donors (Lipinski definition) is 0. The van der Waals surface area contributed by atoms with Crippen molar-refractivity contribution < 1.29 is 8.85 Å². The van der Waals surface area contributed by atoms with Gasteiger partial charge in [-0.15, -0.1) is 0 Å². The first-order chi connectivity index (χ1) is 14.7. The molecule has 2 unspecified atom stereocenters. The lowest BCUT2D eigenvalue weighted by atomic mass is 9.89. The van der Waals surface area contributed by atoms with Crippen LogP contribution in [0.3, 0.4) is 0 Å². The third kappa shape index (κ3) is 8.58. The minimum atomic E-state index is -0.977. The fourth-order valence-electron chi connectivity index (χ4n) is 2.35. The molecule has 2 atom stereocenters. The van der Waals surface area contributed by atoms with E-state index in [1.54, 1.807) is 0 Å². The SMILES string of the molecule is C[Si](C)OC(C#Cc1nc(C#N)c(C#N)nc1C#CC(O[Si](C)C)C(C)(C)C)C(C)(C)C. The molecule has 8 heteroatoms. The molecule has 1 aromatic heterocycles. The Bertz CT molecular complexity index is 935. The Morgan fingerprint density at radius 3 is 1.19 bits per heavy atom. The Hall–Kier alpha value is -2.47. The fraction of sp³-hybridized carbons (Fsp3) is 0.583. The smallest absolute Gasteiger partial charge is 0.206 e. The van der Waals surface area contributed by atoms with Crippen LogP contribution in [0.1, 0.15) is 64.3 Å². The molecule has 0 fully saturated rings. The van der Waals surface area contributed by atoms with E-state index >= 15 is 0 Å². The molecule has 2 radical (unpaired) electrons. The van der Waals surface area contributed by atoms with E-state index in [-0.39, 0.29) is 45.8 Å². The average molecular weight is 465 g/mol. The quantitative estimate of drug-likeness (QED) is 0.488. The van der Waals surface area contributed by atoms with E-state index in [2.05, 4.69) is 101 Å². The fourth-order valence-corrected chi connectivity index (χ4v) is 4.12. The normalized spacial score (nSPS) is 13.3. The molecule has 1 aromatic rings. The van der Waals surface area contributed by atoms with Gasteiger partial charge in [0.2, 0.25) is 18.1 Å². The van der Waals surface area contributed by atoms with Crippen LogP contribution in [-0.2, 0) is 8.85 Å². The maximum absolute atomic E-state index is 9.39. The number of nitrogens with zero attached hydrogens (tertiary/aromatic N) is 4. The zero-order chi connectivity index (χ0) is 24.7. The maximum Gasteiger partial charge on any atom is 0.206 e. The van der Waals surface area contributed by atoms with Crippen LogP contribution in [0.15, 0.2) is 0 Å². The number of hydrogen-bond acceptors (Lipinski definition) is 6. The van der Waals surface area contributed by atoms with Gasteiger partial charge in [0, 0.05) is 0 Å². The van der Waals surface area contributed by atoms with Crippen molar-refractivity contribution in [1.82, 2.24) is 9.97 Å². The lowest BCUT2D eigenvalue weighted by Gasteiger charge is -2.28. The molecule has 0 amide bonds. The van der Waals surface area contributed by atoms with Crippen LogP contribution < -0.4 is 0 Å². The van der Waals surface area contributed by atoms with Crippen molar-refractivity contribution in [1.29, 1.82) is 10.5 Å². The van der Waals surface area contributed by atoms with E-state index in [0.717, 1.165) is 0 Å². The molecular weight excluding hydrogens is 432 g/mol. The highest BCUT2D eigenvalue weighted by molar-refractivity contribution is 6.48. The summed E-state index contributed by atoms with van der Waals surface area (Å²) >= 11 is 0. The Kier molecular flexibility index (Phi) is 9.83. The highest BCUT2D eigenvalue weighted by Crippen LogP contribution is 2.24. The van der Waals surface area contributed by atoms with Gasteiger partial charge in [0.15, 0.2) is 11.4 Å². The Balaban J connectivity index is 3.63. The average Bonchev–Trinajstić information content (AvgIpc) is 2.65. The zero-order valence-corrected chi connectivity index (χ0v) is 22.8. The minimum absolute atomic E-state index is 0.0671. The molecule has 0 saturated carbocycles. The first-order valence-corrected chi connectivity index (χ1v) is 15.2. The summed E-state index contributed by atoms with van der Waals surface area (Å²) < 4.78 is 12.1. The van der Waals surface area contributed by atoms with Gasteiger partial charge in [0.1, 0.15) is 35.7 Å². The summed E-state index contributed by atoms with van der Waals surface area (Å²) in [6.07, 6.45) is -0.627. The molecule has 168 valence electrons. The highest BCUT2D eigenvalue weighted by Gasteiger charge is 2.26. The molecule has 6 nitrogen and oxygen atoms in total. The molecule has 32 heavy (non-hydrogen) atoms. The number of nitriles is 2. The Morgan fingerprint density at radius 2 is 0.969 bits per heavy atom. The zero-order valence-electron chi connectivity index (χ0n) is 20.8. The van der Waals surface area contributed by atoms with Gasteiger partial charge in [-0.3, -0.25) is 0 Å². The van der Waals surface area contributed by atoms with Crippen molar-refractivity contribution in [3.63, 3.8) is 0 Å². The minimum Gasteiger partial charge on any atom is -0.403 e. The Morgan fingerprint density at radius 1 is 0.656 bits per heavy atom. The van der Waals surface area contributed by atoms with Crippen molar-refractivity contribution in [3.8, 4) is 35.8 Å².